The van der Waals surface area contributed by atoms with Gasteiger partial charge in [0.15, 0.2) is 5.69 Å². The summed E-state index contributed by atoms with van der Waals surface area (Å²) in [5.41, 5.74) is 1.23. The summed E-state index contributed by atoms with van der Waals surface area (Å²) in [7, 11) is 0. The summed E-state index contributed by atoms with van der Waals surface area (Å²) in [6.45, 7) is 1.72. The number of nitrogens with zero attached hydrogens (tertiary/aromatic N) is 3. The van der Waals surface area contributed by atoms with Crippen molar-refractivity contribution in [3.05, 3.63) is 46.7 Å². The molecular weight excluding hydrogens is 292 g/mol. The fourth-order valence-electron chi connectivity index (χ4n) is 2.19. The van der Waals surface area contributed by atoms with Crippen LogP contribution in [0.5, 0.6) is 0 Å². The first-order valence-electron chi connectivity index (χ1n) is 6.74. The molecular formula is C14H15ClN4O2. The summed E-state index contributed by atoms with van der Waals surface area (Å²) >= 11 is 6.10. The van der Waals surface area contributed by atoms with Crippen molar-refractivity contribution in [2.75, 3.05) is 13.2 Å². The zero-order valence-corrected chi connectivity index (χ0v) is 12.1. The van der Waals surface area contributed by atoms with E-state index in [1.54, 1.807) is 10.9 Å². The molecule has 2 heterocycles. The Balaban J connectivity index is 1.65. The van der Waals surface area contributed by atoms with Crippen molar-refractivity contribution in [3.63, 3.8) is 0 Å². The third-order valence-corrected chi connectivity index (χ3v) is 3.70. The highest BCUT2D eigenvalue weighted by atomic mass is 35.5. The summed E-state index contributed by atoms with van der Waals surface area (Å²) in [5.74, 6) is -0.226. The van der Waals surface area contributed by atoms with Crippen LogP contribution >= 0.6 is 11.6 Å². The van der Waals surface area contributed by atoms with Crippen molar-refractivity contribution >= 4 is 17.5 Å². The average molecular weight is 307 g/mol. The van der Waals surface area contributed by atoms with Crippen LogP contribution in [0.25, 0.3) is 0 Å². The predicted molar refractivity (Wildman–Crippen MR) is 77.3 cm³/mol. The monoisotopic (exact) mass is 306 g/mol. The van der Waals surface area contributed by atoms with Crippen molar-refractivity contribution in [1.82, 2.24) is 20.3 Å². The molecule has 0 spiro atoms. The first-order valence-corrected chi connectivity index (χ1v) is 7.12. The minimum absolute atomic E-state index is 0.0613. The normalized spacial score (nSPS) is 17.9. The Kier molecular flexibility index (Phi) is 4.17. The maximum absolute atomic E-state index is 12.0. The van der Waals surface area contributed by atoms with Gasteiger partial charge in [0.2, 0.25) is 0 Å². The number of benzene rings is 1. The number of ether oxygens (including phenoxy) is 1. The van der Waals surface area contributed by atoms with E-state index in [4.69, 9.17) is 16.3 Å². The van der Waals surface area contributed by atoms with Gasteiger partial charge in [-0.2, -0.15) is 0 Å². The second kappa shape index (κ2) is 6.24. The van der Waals surface area contributed by atoms with Crippen LogP contribution in [0.4, 0.5) is 0 Å². The lowest BCUT2D eigenvalue weighted by molar-refractivity contribution is 0.0925. The molecule has 1 aromatic carbocycles. The minimum atomic E-state index is -0.226. The standard InChI is InChI=1S/C14H15ClN4O2/c15-12-4-2-1-3-10(12)7-19-8-13(17-18-19)14(20)16-11-5-6-21-9-11/h1-4,8,11H,5-7,9H2,(H,16,20). The number of carbonyl (C=O) groups excluding carboxylic acids is 1. The minimum Gasteiger partial charge on any atom is -0.379 e. The first-order chi connectivity index (χ1) is 10.2. The Hall–Kier alpha value is -1.92. The van der Waals surface area contributed by atoms with Gasteiger partial charge in [0.1, 0.15) is 0 Å². The molecule has 1 aromatic heterocycles. The van der Waals surface area contributed by atoms with Crippen LogP contribution in [0.15, 0.2) is 30.5 Å². The Morgan fingerprint density at radius 2 is 2.33 bits per heavy atom. The van der Waals surface area contributed by atoms with Crippen molar-refractivity contribution in [2.24, 2.45) is 0 Å². The molecule has 1 aliphatic rings. The Bertz CT molecular complexity index is 637. The first kappa shape index (κ1) is 14.0. The lowest BCUT2D eigenvalue weighted by atomic mass is 10.2. The average Bonchev–Trinajstić information content (AvgIpc) is 3.13. The van der Waals surface area contributed by atoms with E-state index < -0.39 is 0 Å². The summed E-state index contributed by atoms with van der Waals surface area (Å²) in [4.78, 5) is 12.0. The van der Waals surface area contributed by atoms with Gasteiger partial charge in [0.25, 0.3) is 5.91 Å². The molecule has 1 aliphatic heterocycles. The van der Waals surface area contributed by atoms with Crippen molar-refractivity contribution in [3.8, 4) is 0 Å². The van der Waals surface area contributed by atoms with Gasteiger partial charge in [0.05, 0.1) is 25.4 Å². The fraction of sp³-hybridized carbons (Fsp3) is 0.357. The molecule has 1 fully saturated rings. The molecule has 1 amide bonds. The summed E-state index contributed by atoms with van der Waals surface area (Å²) in [6.07, 6.45) is 2.45. The highest BCUT2D eigenvalue weighted by molar-refractivity contribution is 6.31. The topological polar surface area (TPSA) is 69.0 Å². The molecule has 1 saturated heterocycles. The molecule has 110 valence electrons. The molecule has 0 radical (unpaired) electrons. The van der Waals surface area contributed by atoms with E-state index in [9.17, 15) is 4.79 Å². The predicted octanol–water partition coefficient (Wildman–Crippen LogP) is 1.50. The Labute approximate surface area is 127 Å². The van der Waals surface area contributed by atoms with E-state index in [1.165, 1.54) is 0 Å². The molecule has 6 nitrogen and oxygen atoms in total. The number of nitrogens with one attached hydrogen (secondary N) is 1. The number of hydrogen-bond acceptors (Lipinski definition) is 4. The molecule has 1 unspecified atom stereocenters. The largest absolute Gasteiger partial charge is 0.379 e. The summed E-state index contributed by atoms with van der Waals surface area (Å²) < 4.78 is 6.82. The van der Waals surface area contributed by atoms with Gasteiger partial charge in [-0.1, -0.05) is 35.0 Å². The lowest BCUT2D eigenvalue weighted by Gasteiger charge is -2.08. The van der Waals surface area contributed by atoms with E-state index in [-0.39, 0.29) is 11.9 Å². The maximum atomic E-state index is 12.0. The molecule has 0 bridgehead atoms. The van der Waals surface area contributed by atoms with Crippen molar-refractivity contribution in [2.45, 2.75) is 19.0 Å². The highest BCUT2D eigenvalue weighted by Gasteiger charge is 2.20. The molecule has 0 saturated carbocycles. The van der Waals surface area contributed by atoms with Gasteiger partial charge in [-0.15, -0.1) is 5.10 Å². The quantitative estimate of drug-likeness (QED) is 0.929. The van der Waals surface area contributed by atoms with Crippen LogP contribution < -0.4 is 5.32 Å². The second-order valence-corrected chi connectivity index (χ2v) is 5.33. The molecule has 7 heteroatoms. The molecule has 1 atom stereocenters. The van der Waals surface area contributed by atoms with Gasteiger partial charge in [-0.05, 0) is 18.1 Å². The van der Waals surface area contributed by atoms with Crippen molar-refractivity contribution in [1.29, 1.82) is 0 Å². The van der Waals surface area contributed by atoms with Gasteiger partial charge >= 0.3 is 0 Å². The molecule has 2 aromatic rings. The molecule has 21 heavy (non-hydrogen) atoms. The van der Waals surface area contributed by atoms with E-state index in [0.717, 1.165) is 12.0 Å². The fourth-order valence-corrected chi connectivity index (χ4v) is 2.38. The van der Waals surface area contributed by atoms with Crippen LogP contribution in [-0.4, -0.2) is 40.2 Å². The number of halogens is 1. The molecule has 1 N–H and O–H groups in total. The third-order valence-electron chi connectivity index (χ3n) is 3.33. The molecule has 3 rings (SSSR count). The summed E-state index contributed by atoms with van der Waals surface area (Å²) in [6, 6.07) is 7.58. The third kappa shape index (κ3) is 3.40. The van der Waals surface area contributed by atoms with E-state index in [1.807, 2.05) is 24.3 Å². The van der Waals surface area contributed by atoms with Crippen LogP contribution in [0.1, 0.15) is 22.5 Å². The van der Waals surface area contributed by atoms with E-state index >= 15 is 0 Å². The SMILES string of the molecule is O=C(NC1CCOC1)c1cn(Cc2ccccc2Cl)nn1. The number of aromatic nitrogens is 3. The number of hydrogen-bond donors (Lipinski definition) is 1. The zero-order chi connectivity index (χ0) is 14.7. The molecule has 0 aliphatic carbocycles. The van der Waals surface area contributed by atoms with Gasteiger partial charge < -0.3 is 10.1 Å². The number of carbonyl (C=O) groups is 1. The van der Waals surface area contributed by atoms with Gasteiger partial charge in [-0.25, -0.2) is 4.68 Å². The summed E-state index contributed by atoms with van der Waals surface area (Å²) in [5, 5.41) is 11.4. The lowest BCUT2D eigenvalue weighted by Crippen LogP contribution is -2.35. The van der Waals surface area contributed by atoms with Crippen LogP contribution in [0, 0.1) is 0 Å². The smallest absolute Gasteiger partial charge is 0.273 e. The van der Waals surface area contributed by atoms with Gasteiger partial charge in [0, 0.05) is 11.6 Å². The number of rotatable bonds is 4. The van der Waals surface area contributed by atoms with Gasteiger partial charge in [-0.3, -0.25) is 4.79 Å². The maximum Gasteiger partial charge on any atom is 0.273 e. The van der Waals surface area contributed by atoms with E-state index in [2.05, 4.69) is 15.6 Å². The van der Waals surface area contributed by atoms with Crippen molar-refractivity contribution < 1.29 is 9.53 Å². The zero-order valence-electron chi connectivity index (χ0n) is 11.3. The van der Waals surface area contributed by atoms with Crippen LogP contribution in [0.3, 0.4) is 0 Å². The van der Waals surface area contributed by atoms with Crippen LogP contribution in [0.2, 0.25) is 5.02 Å². The Morgan fingerprint density at radius 1 is 1.48 bits per heavy atom. The highest BCUT2D eigenvalue weighted by Crippen LogP contribution is 2.15. The number of amides is 1. The Morgan fingerprint density at radius 3 is 3.10 bits per heavy atom. The second-order valence-electron chi connectivity index (χ2n) is 4.93. The van der Waals surface area contributed by atoms with E-state index in [0.29, 0.717) is 30.5 Å². The van der Waals surface area contributed by atoms with Crippen LogP contribution in [-0.2, 0) is 11.3 Å².